The molecule has 0 heterocycles. The zero-order valence-electron chi connectivity index (χ0n) is 9.68. The van der Waals surface area contributed by atoms with Gasteiger partial charge < -0.3 is 11.1 Å². The molecule has 100 valence electrons. The lowest BCUT2D eigenvalue weighted by Crippen LogP contribution is -2.34. The smallest absolute Gasteiger partial charge is 0.241 e. The summed E-state index contributed by atoms with van der Waals surface area (Å²) in [6.07, 6.45) is 0.457. The number of nitrogens with two attached hydrogens (primary N) is 2. The van der Waals surface area contributed by atoms with Gasteiger partial charge in [-0.3, -0.25) is 4.79 Å². The average Bonchev–Trinajstić information content (AvgIpc) is 2.29. The van der Waals surface area contributed by atoms with Crippen molar-refractivity contribution in [3.05, 3.63) is 23.2 Å². The van der Waals surface area contributed by atoms with Gasteiger partial charge in [0.05, 0.1) is 21.6 Å². The van der Waals surface area contributed by atoms with Gasteiger partial charge in [-0.2, -0.15) is 0 Å². The number of primary sulfonamides is 1. The quantitative estimate of drug-likeness (QED) is 0.756. The molecule has 1 aromatic carbocycles. The van der Waals surface area contributed by atoms with Gasteiger partial charge in [0.1, 0.15) is 0 Å². The van der Waals surface area contributed by atoms with E-state index in [1.54, 1.807) is 6.92 Å². The highest BCUT2D eigenvalue weighted by molar-refractivity contribution is 7.89. The summed E-state index contributed by atoms with van der Waals surface area (Å²) in [5.74, 6) is -0.439. The molecule has 0 aliphatic rings. The molecule has 0 radical (unpaired) electrons. The molecule has 0 saturated heterocycles. The zero-order chi connectivity index (χ0) is 13.9. The minimum atomic E-state index is -3.84. The van der Waals surface area contributed by atoms with E-state index in [1.165, 1.54) is 18.2 Å². The molecule has 0 spiro atoms. The fourth-order valence-electron chi connectivity index (χ4n) is 1.19. The number of hydrogen-bond donors (Lipinski definition) is 3. The van der Waals surface area contributed by atoms with Crippen LogP contribution in [-0.2, 0) is 14.8 Å². The SMILES string of the molecule is CCC(N)C(=O)Nc1cc(S(N)(=O)=O)ccc1Cl. The van der Waals surface area contributed by atoms with Crippen molar-refractivity contribution in [2.24, 2.45) is 10.9 Å². The Morgan fingerprint density at radius 1 is 1.50 bits per heavy atom. The molecule has 1 amide bonds. The van der Waals surface area contributed by atoms with Crippen LogP contribution in [0, 0.1) is 0 Å². The van der Waals surface area contributed by atoms with Crippen LogP contribution >= 0.6 is 11.6 Å². The first-order valence-electron chi connectivity index (χ1n) is 5.14. The highest BCUT2D eigenvalue weighted by Gasteiger charge is 2.15. The number of halogens is 1. The van der Waals surface area contributed by atoms with Gasteiger partial charge in [0.25, 0.3) is 0 Å². The van der Waals surface area contributed by atoms with Crippen molar-refractivity contribution in [2.75, 3.05) is 5.32 Å². The van der Waals surface area contributed by atoms with E-state index in [0.29, 0.717) is 6.42 Å². The van der Waals surface area contributed by atoms with E-state index in [-0.39, 0.29) is 15.6 Å². The third-order valence-corrected chi connectivity index (χ3v) is 3.54. The Hall–Kier alpha value is -1.15. The van der Waals surface area contributed by atoms with Gasteiger partial charge in [0.15, 0.2) is 0 Å². The Kier molecular flexibility index (Phi) is 4.69. The third kappa shape index (κ3) is 3.67. The summed E-state index contributed by atoms with van der Waals surface area (Å²) in [5, 5.41) is 7.65. The van der Waals surface area contributed by atoms with Gasteiger partial charge in [-0.25, -0.2) is 13.6 Å². The first kappa shape index (κ1) is 14.9. The van der Waals surface area contributed by atoms with Crippen molar-refractivity contribution in [1.29, 1.82) is 0 Å². The van der Waals surface area contributed by atoms with E-state index in [1.807, 2.05) is 0 Å². The molecule has 1 aromatic rings. The van der Waals surface area contributed by atoms with Crippen LogP contribution in [0.2, 0.25) is 5.02 Å². The average molecular weight is 292 g/mol. The van der Waals surface area contributed by atoms with Crippen LogP contribution in [0.25, 0.3) is 0 Å². The molecule has 1 unspecified atom stereocenters. The summed E-state index contributed by atoms with van der Waals surface area (Å²) in [7, 11) is -3.84. The molecule has 0 aromatic heterocycles. The van der Waals surface area contributed by atoms with E-state index in [0.717, 1.165) is 0 Å². The van der Waals surface area contributed by atoms with E-state index in [9.17, 15) is 13.2 Å². The van der Waals surface area contributed by atoms with Crippen molar-refractivity contribution < 1.29 is 13.2 Å². The van der Waals surface area contributed by atoms with E-state index < -0.39 is 22.0 Å². The van der Waals surface area contributed by atoms with Gasteiger partial charge in [-0.05, 0) is 24.6 Å². The summed E-state index contributed by atoms with van der Waals surface area (Å²) in [5.41, 5.74) is 5.70. The number of anilines is 1. The summed E-state index contributed by atoms with van der Waals surface area (Å²) in [6.45, 7) is 1.76. The topological polar surface area (TPSA) is 115 Å². The minimum Gasteiger partial charge on any atom is -0.323 e. The zero-order valence-corrected chi connectivity index (χ0v) is 11.3. The molecule has 0 fully saturated rings. The minimum absolute atomic E-state index is 0.132. The van der Waals surface area contributed by atoms with E-state index >= 15 is 0 Å². The first-order chi connectivity index (χ1) is 8.25. The maximum Gasteiger partial charge on any atom is 0.241 e. The monoisotopic (exact) mass is 291 g/mol. The Bertz CT molecular complexity index is 559. The van der Waals surface area contributed by atoms with Crippen LogP contribution < -0.4 is 16.2 Å². The number of benzene rings is 1. The molecule has 8 heteroatoms. The molecule has 0 saturated carbocycles. The van der Waals surface area contributed by atoms with Crippen LogP contribution in [0.15, 0.2) is 23.1 Å². The van der Waals surface area contributed by atoms with E-state index in [4.69, 9.17) is 22.5 Å². The lowest BCUT2D eigenvalue weighted by molar-refractivity contribution is -0.117. The van der Waals surface area contributed by atoms with Crippen molar-refractivity contribution in [1.82, 2.24) is 0 Å². The number of rotatable bonds is 4. The molecule has 1 atom stereocenters. The molecule has 1 rings (SSSR count). The Labute approximate surface area is 110 Å². The number of carbonyl (C=O) groups is 1. The van der Waals surface area contributed by atoms with Crippen LogP contribution in [0.1, 0.15) is 13.3 Å². The van der Waals surface area contributed by atoms with Gasteiger partial charge in [0, 0.05) is 0 Å². The molecular weight excluding hydrogens is 278 g/mol. The summed E-state index contributed by atoms with van der Waals surface area (Å²) >= 11 is 5.85. The Balaban J connectivity index is 3.06. The van der Waals surface area contributed by atoms with Gasteiger partial charge in [-0.15, -0.1) is 0 Å². The van der Waals surface area contributed by atoms with Gasteiger partial charge in [-0.1, -0.05) is 18.5 Å². The largest absolute Gasteiger partial charge is 0.323 e. The van der Waals surface area contributed by atoms with Crippen molar-refractivity contribution >= 4 is 33.2 Å². The van der Waals surface area contributed by atoms with Crippen LogP contribution in [0.3, 0.4) is 0 Å². The lowest BCUT2D eigenvalue weighted by Gasteiger charge is -2.12. The third-order valence-electron chi connectivity index (χ3n) is 2.30. The predicted octanol–water partition coefficient (Wildman–Crippen LogP) is 0.663. The molecular formula is C10H14ClN3O3S. The lowest BCUT2D eigenvalue weighted by atomic mass is 10.2. The number of sulfonamides is 1. The van der Waals surface area contributed by atoms with Gasteiger partial charge in [0.2, 0.25) is 15.9 Å². The maximum absolute atomic E-state index is 11.6. The summed E-state index contributed by atoms with van der Waals surface area (Å²) in [6, 6.07) is 3.11. The van der Waals surface area contributed by atoms with Crippen LogP contribution in [-0.4, -0.2) is 20.4 Å². The number of carbonyl (C=O) groups excluding carboxylic acids is 1. The molecule has 5 N–H and O–H groups in total. The number of nitrogens with one attached hydrogen (secondary N) is 1. The predicted molar refractivity (Wildman–Crippen MR) is 69.7 cm³/mol. The van der Waals surface area contributed by atoms with E-state index in [2.05, 4.69) is 5.32 Å². The van der Waals surface area contributed by atoms with Crippen LogP contribution in [0.5, 0.6) is 0 Å². The highest BCUT2D eigenvalue weighted by atomic mass is 35.5. The second-order valence-corrected chi connectivity index (χ2v) is 5.66. The van der Waals surface area contributed by atoms with Crippen LogP contribution in [0.4, 0.5) is 5.69 Å². The Morgan fingerprint density at radius 3 is 2.61 bits per heavy atom. The van der Waals surface area contributed by atoms with Crippen molar-refractivity contribution in [2.45, 2.75) is 24.3 Å². The maximum atomic E-state index is 11.6. The van der Waals surface area contributed by atoms with Gasteiger partial charge >= 0.3 is 0 Å². The second kappa shape index (κ2) is 5.66. The molecule has 0 aliphatic carbocycles. The summed E-state index contributed by atoms with van der Waals surface area (Å²) in [4.78, 5) is 11.4. The normalized spacial score (nSPS) is 13.1. The number of amides is 1. The Morgan fingerprint density at radius 2 is 2.11 bits per heavy atom. The molecule has 0 aliphatic heterocycles. The first-order valence-corrected chi connectivity index (χ1v) is 7.07. The fraction of sp³-hybridized carbons (Fsp3) is 0.300. The summed E-state index contributed by atoms with van der Waals surface area (Å²) < 4.78 is 22.3. The molecule has 6 nitrogen and oxygen atoms in total. The second-order valence-electron chi connectivity index (χ2n) is 3.69. The number of hydrogen-bond acceptors (Lipinski definition) is 4. The standard InChI is InChI=1S/C10H14ClN3O3S/c1-2-8(12)10(15)14-9-5-6(18(13,16)17)3-4-7(9)11/h3-5,8H,2,12H2,1H3,(H,14,15)(H2,13,16,17). The van der Waals surface area contributed by atoms with Crippen molar-refractivity contribution in [3.63, 3.8) is 0 Å². The van der Waals surface area contributed by atoms with Crippen molar-refractivity contribution in [3.8, 4) is 0 Å². The fourth-order valence-corrected chi connectivity index (χ4v) is 1.89. The highest BCUT2D eigenvalue weighted by Crippen LogP contribution is 2.24. The molecule has 0 bridgehead atoms. The molecule has 18 heavy (non-hydrogen) atoms.